The molecule has 0 unspecified atom stereocenters. The van der Waals surface area contributed by atoms with Crippen molar-refractivity contribution in [3.8, 4) is 11.5 Å². The Kier molecular flexibility index (Phi) is 7.78. The number of halogens is 2. The van der Waals surface area contributed by atoms with Crippen LogP contribution in [0.15, 0.2) is 40.9 Å². The smallest absolute Gasteiger partial charge is 0.314 e. The zero-order valence-corrected chi connectivity index (χ0v) is 24.1. The molecule has 11 heteroatoms. The first-order valence-electron chi connectivity index (χ1n) is 14.8. The van der Waals surface area contributed by atoms with E-state index in [4.69, 9.17) is 4.42 Å². The third kappa shape index (κ3) is 5.54. The second-order valence-electron chi connectivity index (χ2n) is 12.1. The number of imide groups is 1. The highest BCUT2D eigenvalue weighted by Gasteiger charge is 2.45. The Morgan fingerprint density at radius 2 is 1.76 bits per heavy atom. The van der Waals surface area contributed by atoms with Crippen molar-refractivity contribution in [2.45, 2.75) is 64.3 Å². The molecule has 9 nitrogen and oxygen atoms in total. The summed E-state index contributed by atoms with van der Waals surface area (Å²) in [6.45, 7) is 8.78. The van der Waals surface area contributed by atoms with E-state index in [2.05, 4.69) is 25.0 Å². The maximum Gasteiger partial charge on any atom is 0.314 e. The largest absolute Gasteiger partial charge is 0.415 e. The molecule has 0 N–H and O–H groups in total. The molecule has 0 spiro atoms. The number of carbonyl (C=O) groups is 2. The average molecular weight is 579 g/mol. The van der Waals surface area contributed by atoms with E-state index in [0.717, 1.165) is 43.3 Å². The summed E-state index contributed by atoms with van der Waals surface area (Å²) in [4.78, 5) is 37.7. The van der Waals surface area contributed by atoms with Crippen LogP contribution in [0.2, 0.25) is 0 Å². The molecule has 1 aliphatic carbocycles. The quantitative estimate of drug-likeness (QED) is 0.352. The fraction of sp³-hybridized carbons (Fsp3) is 0.516. The standard InChI is InChI=1S/C31H36F2N6O3/c1-31(2)25-16-23(38-14-12-37(13-15-38)18-20-6-4-3-5-7-20)10-11-24(25)29(40)39(30(31)41)19-22-9-8-21(17-34-22)27-35-36-28(42-27)26(32)33/h8-11,16-17,20,26H,3-7,12-15,18-19H2,1-2H3. The normalized spacial score (nSPS) is 19.9. The number of hydrogen-bond donors (Lipinski definition) is 0. The molecule has 4 heterocycles. The molecule has 42 heavy (non-hydrogen) atoms. The second-order valence-corrected chi connectivity index (χ2v) is 12.1. The molecule has 1 aromatic carbocycles. The Hall–Kier alpha value is -3.73. The Morgan fingerprint density at radius 3 is 2.43 bits per heavy atom. The Morgan fingerprint density at radius 1 is 1.00 bits per heavy atom. The van der Waals surface area contributed by atoms with Gasteiger partial charge >= 0.3 is 6.43 Å². The average Bonchev–Trinajstić information content (AvgIpc) is 3.51. The SMILES string of the molecule is CC1(C)C(=O)N(Cc2ccc(-c3nnc(C(F)F)o3)cn2)C(=O)c2ccc(N3CCN(CC4CCCCC4)CC3)cc21. The van der Waals surface area contributed by atoms with Crippen molar-refractivity contribution in [3.05, 3.63) is 59.2 Å². The van der Waals surface area contributed by atoms with Gasteiger partial charge in [-0.15, -0.1) is 10.2 Å². The number of hydrogen-bond acceptors (Lipinski definition) is 8. The monoisotopic (exact) mass is 578 g/mol. The summed E-state index contributed by atoms with van der Waals surface area (Å²) >= 11 is 0. The number of alkyl halides is 2. The van der Waals surface area contributed by atoms with Gasteiger partial charge in [-0.3, -0.25) is 24.4 Å². The van der Waals surface area contributed by atoms with Crippen molar-refractivity contribution in [2.24, 2.45) is 5.92 Å². The lowest BCUT2D eigenvalue weighted by molar-refractivity contribution is -0.134. The van der Waals surface area contributed by atoms with Crippen LogP contribution in [0, 0.1) is 5.92 Å². The lowest BCUT2D eigenvalue weighted by atomic mass is 9.77. The number of aromatic nitrogens is 3. The van der Waals surface area contributed by atoms with E-state index >= 15 is 0 Å². The Labute approximate surface area is 243 Å². The summed E-state index contributed by atoms with van der Waals surface area (Å²) in [6.07, 6.45) is 5.34. The van der Waals surface area contributed by atoms with Gasteiger partial charge in [-0.05, 0) is 68.5 Å². The van der Waals surface area contributed by atoms with Gasteiger partial charge in [0.1, 0.15) is 0 Å². The zero-order valence-electron chi connectivity index (χ0n) is 24.1. The molecule has 2 aromatic heterocycles. The summed E-state index contributed by atoms with van der Waals surface area (Å²) in [7, 11) is 0. The fourth-order valence-electron chi connectivity index (χ4n) is 6.44. The van der Waals surface area contributed by atoms with Crippen molar-refractivity contribution >= 4 is 17.5 Å². The van der Waals surface area contributed by atoms with Gasteiger partial charge in [0.15, 0.2) is 0 Å². The lowest BCUT2D eigenvalue weighted by Crippen LogP contribution is -2.51. The Balaban J connectivity index is 1.14. The highest BCUT2D eigenvalue weighted by atomic mass is 19.3. The van der Waals surface area contributed by atoms with Gasteiger partial charge in [0.25, 0.3) is 11.8 Å². The third-order valence-electron chi connectivity index (χ3n) is 8.93. The minimum absolute atomic E-state index is 0.0162. The van der Waals surface area contributed by atoms with Crippen LogP contribution in [0.3, 0.4) is 0 Å². The summed E-state index contributed by atoms with van der Waals surface area (Å²) < 4.78 is 30.5. The van der Waals surface area contributed by atoms with Crippen LogP contribution in [0.1, 0.15) is 79.9 Å². The van der Waals surface area contributed by atoms with Crippen LogP contribution in [0.4, 0.5) is 14.5 Å². The van der Waals surface area contributed by atoms with Gasteiger partial charge in [0.2, 0.25) is 11.8 Å². The van der Waals surface area contributed by atoms with E-state index in [0.29, 0.717) is 16.8 Å². The summed E-state index contributed by atoms with van der Waals surface area (Å²) in [6, 6.07) is 9.05. The third-order valence-corrected chi connectivity index (χ3v) is 8.93. The van der Waals surface area contributed by atoms with Crippen molar-refractivity contribution in [1.29, 1.82) is 0 Å². The van der Waals surface area contributed by atoms with Crippen LogP contribution >= 0.6 is 0 Å². The van der Waals surface area contributed by atoms with Gasteiger partial charge in [0.05, 0.1) is 23.2 Å². The first-order chi connectivity index (χ1) is 20.2. The maximum atomic E-state index is 13.7. The molecule has 0 bridgehead atoms. The molecule has 0 radical (unpaired) electrons. The summed E-state index contributed by atoms with van der Waals surface area (Å²) in [5.74, 6) is -0.665. The van der Waals surface area contributed by atoms with Crippen molar-refractivity contribution in [2.75, 3.05) is 37.6 Å². The topological polar surface area (TPSA) is 95.7 Å². The van der Waals surface area contributed by atoms with Gasteiger partial charge in [-0.2, -0.15) is 8.78 Å². The van der Waals surface area contributed by atoms with Crippen molar-refractivity contribution in [1.82, 2.24) is 25.0 Å². The number of rotatable bonds is 7. The predicted octanol–water partition coefficient (Wildman–Crippen LogP) is 5.23. The number of fused-ring (bicyclic) bond motifs is 1. The molecule has 1 saturated heterocycles. The van der Waals surface area contributed by atoms with Crippen LogP contribution in [-0.4, -0.2) is 69.5 Å². The van der Waals surface area contributed by atoms with E-state index in [1.54, 1.807) is 12.1 Å². The number of piperazine rings is 1. The number of nitrogens with zero attached hydrogens (tertiary/aromatic N) is 6. The highest BCUT2D eigenvalue weighted by Crippen LogP contribution is 2.38. The van der Waals surface area contributed by atoms with E-state index < -0.39 is 17.7 Å². The molecule has 1 saturated carbocycles. The molecule has 3 aliphatic rings. The molecule has 2 amide bonds. The first kappa shape index (κ1) is 28.4. The van der Waals surface area contributed by atoms with E-state index in [9.17, 15) is 18.4 Å². The maximum absolute atomic E-state index is 13.7. The van der Waals surface area contributed by atoms with Crippen LogP contribution in [0.25, 0.3) is 11.5 Å². The lowest BCUT2D eigenvalue weighted by Gasteiger charge is -2.40. The van der Waals surface area contributed by atoms with Gasteiger partial charge in [-0.25, -0.2) is 0 Å². The predicted molar refractivity (Wildman–Crippen MR) is 152 cm³/mol. The van der Waals surface area contributed by atoms with E-state index in [1.807, 2.05) is 32.0 Å². The first-order valence-corrected chi connectivity index (χ1v) is 14.8. The van der Waals surface area contributed by atoms with Crippen LogP contribution < -0.4 is 4.90 Å². The summed E-state index contributed by atoms with van der Waals surface area (Å²) in [5, 5.41) is 6.96. The molecule has 2 fully saturated rings. The highest BCUT2D eigenvalue weighted by molar-refractivity contribution is 6.13. The second kappa shape index (κ2) is 11.5. The van der Waals surface area contributed by atoms with Crippen LogP contribution in [0.5, 0.6) is 0 Å². The number of amides is 2. The van der Waals surface area contributed by atoms with Crippen molar-refractivity contribution < 1.29 is 22.8 Å². The molecule has 3 aromatic rings. The zero-order chi connectivity index (χ0) is 29.4. The molecular formula is C31H36F2N6O3. The molecule has 6 rings (SSSR count). The van der Waals surface area contributed by atoms with Gasteiger partial charge in [0, 0.05) is 50.2 Å². The fourth-order valence-corrected chi connectivity index (χ4v) is 6.44. The van der Waals surface area contributed by atoms with E-state index in [-0.39, 0.29) is 24.2 Å². The molecule has 222 valence electrons. The summed E-state index contributed by atoms with van der Waals surface area (Å²) in [5.41, 5.74) is 2.23. The van der Waals surface area contributed by atoms with Crippen molar-refractivity contribution in [3.63, 3.8) is 0 Å². The molecule has 0 atom stereocenters. The molecular weight excluding hydrogens is 542 g/mol. The van der Waals surface area contributed by atoms with Gasteiger partial charge in [-0.1, -0.05) is 19.3 Å². The van der Waals surface area contributed by atoms with E-state index in [1.165, 1.54) is 49.7 Å². The van der Waals surface area contributed by atoms with Gasteiger partial charge < -0.3 is 9.32 Å². The molecule has 2 aliphatic heterocycles. The number of carbonyl (C=O) groups excluding carboxylic acids is 2. The number of pyridine rings is 1. The minimum Gasteiger partial charge on any atom is -0.415 e. The Bertz CT molecular complexity index is 1440. The number of anilines is 1. The minimum atomic E-state index is -2.86. The van der Waals surface area contributed by atoms with Crippen LogP contribution in [-0.2, 0) is 16.8 Å². The number of benzene rings is 1.